The van der Waals surface area contributed by atoms with Gasteiger partial charge < -0.3 is 4.90 Å². The first-order valence-electron chi connectivity index (χ1n) is 4.12. The average molecular weight is 243 g/mol. The molecule has 15 heavy (non-hydrogen) atoms. The minimum Gasteiger partial charge on any atom is -0.314 e. The van der Waals surface area contributed by atoms with Crippen molar-refractivity contribution in [2.75, 3.05) is 17.8 Å². The molecule has 0 aliphatic heterocycles. The average Bonchev–Trinajstić information content (AvgIpc) is 2.26. The summed E-state index contributed by atoms with van der Waals surface area (Å²) in [6, 6.07) is 6.72. The number of nitrogens with zero attached hydrogens (tertiary/aromatic N) is 2. The van der Waals surface area contributed by atoms with Crippen LogP contribution in [0.5, 0.6) is 0 Å². The molecule has 0 atom stereocenters. The van der Waals surface area contributed by atoms with E-state index in [2.05, 4.69) is 0 Å². The lowest BCUT2D eigenvalue weighted by Gasteiger charge is -2.16. The number of hydrogen-bond donors (Lipinski definition) is 0. The van der Waals surface area contributed by atoms with E-state index in [1.54, 1.807) is 25.2 Å². The number of benzene rings is 1. The first kappa shape index (κ1) is 11.8. The van der Waals surface area contributed by atoms with Crippen molar-refractivity contribution in [3.63, 3.8) is 0 Å². The van der Waals surface area contributed by atoms with Crippen LogP contribution in [-0.4, -0.2) is 18.8 Å². The molecule has 1 rings (SSSR count). The van der Waals surface area contributed by atoms with E-state index < -0.39 is 0 Å². The third-order valence-electron chi connectivity index (χ3n) is 1.95. The van der Waals surface area contributed by atoms with Crippen LogP contribution in [0.3, 0.4) is 0 Å². The van der Waals surface area contributed by atoms with Gasteiger partial charge in [-0.25, -0.2) is 0 Å². The van der Waals surface area contributed by atoms with Crippen LogP contribution in [0, 0.1) is 11.3 Å². The van der Waals surface area contributed by atoms with Crippen LogP contribution in [0.25, 0.3) is 0 Å². The molecule has 0 bridgehead atoms. The van der Waals surface area contributed by atoms with E-state index in [9.17, 15) is 4.79 Å². The summed E-state index contributed by atoms with van der Waals surface area (Å²) in [7, 11) is 1.60. The number of hydrogen-bond acceptors (Lipinski definition) is 2. The normalized spacial score (nSPS) is 9.47. The molecule has 0 saturated heterocycles. The fourth-order valence-electron chi connectivity index (χ4n) is 1.04. The Morgan fingerprint density at radius 2 is 2.27 bits per heavy atom. The summed E-state index contributed by atoms with van der Waals surface area (Å²) in [4.78, 5) is 12.7. The van der Waals surface area contributed by atoms with E-state index >= 15 is 0 Å². The summed E-state index contributed by atoms with van der Waals surface area (Å²) in [5.41, 5.74) is 0.997. The van der Waals surface area contributed by atoms with Gasteiger partial charge in [0, 0.05) is 12.7 Å². The summed E-state index contributed by atoms with van der Waals surface area (Å²) in [5.74, 6) is -0.314. The molecule has 1 amide bonds. The van der Waals surface area contributed by atoms with E-state index in [1.807, 2.05) is 6.07 Å². The fraction of sp³-hybridized carbons (Fsp3) is 0.200. The van der Waals surface area contributed by atoms with Crippen LogP contribution >= 0.6 is 23.2 Å². The Morgan fingerprint density at radius 1 is 1.60 bits per heavy atom. The third kappa shape index (κ3) is 2.62. The highest BCUT2D eigenvalue weighted by Gasteiger charge is 2.10. The molecule has 1 aromatic rings. The summed E-state index contributed by atoms with van der Waals surface area (Å²) in [6.07, 6.45) is 0. The van der Waals surface area contributed by atoms with Crippen molar-refractivity contribution < 1.29 is 4.79 Å². The van der Waals surface area contributed by atoms with Gasteiger partial charge in [0.15, 0.2) is 0 Å². The molecule has 0 fully saturated rings. The lowest BCUT2D eigenvalue weighted by Crippen LogP contribution is -2.27. The quantitative estimate of drug-likeness (QED) is 0.748. The highest BCUT2D eigenvalue weighted by atomic mass is 35.5. The van der Waals surface area contributed by atoms with Crippen molar-refractivity contribution in [3.8, 4) is 6.07 Å². The van der Waals surface area contributed by atoms with E-state index in [0.717, 1.165) is 0 Å². The lowest BCUT2D eigenvalue weighted by atomic mass is 10.2. The summed E-state index contributed by atoms with van der Waals surface area (Å²) < 4.78 is 0. The van der Waals surface area contributed by atoms with Gasteiger partial charge >= 0.3 is 0 Å². The number of rotatable bonds is 2. The predicted octanol–water partition coefficient (Wildman–Crippen LogP) is 2.41. The minimum absolute atomic E-state index is 0.0892. The molecule has 5 heteroatoms. The zero-order chi connectivity index (χ0) is 11.4. The minimum atomic E-state index is -0.225. The van der Waals surface area contributed by atoms with Crippen molar-refractivity contribution in [1.82, 2.24) is 0 Å². The van der Waals surface area contributed by atoms with Crippen LogP contribution in [0.1, 0.15) is 5.56 Å². The third-order valence-corrected chi connectivity index (χ3v) is 2.49. The maximum absolute atomic E-state index is 11.3. The van der Waals surface area contributed by atoms with Gasteiger partial charge in [0.05, 0.1) is 10.6 Å². The molecule has 0 aliphatic carbocycles. The van der Waals surface area contributed by atoms with Crippen molar-refractivity contribution in [3.05, 3.63) is 28.8 Å². The van der Waals surface area contributed by atoms with Gasteiger partial charge in [0.2, 0.25) is 5.91 Å². The first-order valence-corrected chi connectivity index (χ1v) is 5.03. The van der Waals surface area contributed by atoms with E-state index in [1.165, 1.54) is 4.90 Å². The van der Waals surface area contributed by atoms with Crippen LogP contribution in [0.4, 0.5) is 5.69 Å². The van der Waals surface area contributed by atoms with Crippen molar-refractivity contribution in [2.24, 2.45) is 0 Å². The maximum Gasteiger partial charge on any atom is 0.241 e. The van der Waals surface area contributed by atoms with Crippen LogP contribution in [-0.2, 0) is 4.79 Å². The number of carbonyl (C=O) groups excluding carboxylic acids is 1. The number of halogens is 2. The molecular weight excluding hydrogens is 235 g/mol. The molecule has 0 saturated carbocycles. The molecule has 0 heterocycles. The maximum atomic E-state index is 11.3. The smallest absolute Gasteiger partial charge is 0.241 e. The number of amides is 1. The largest absolute Gasteiger partial charge is 0.314 e. The monoisotopic (exact) mass is 242 g/mol. The van der Waals surface area contributed by atoms with Gasteiger partial charge in [-0.2, -0.15) is 5.26 Å². The number of anilines is 1. The van der Waals surface area contributed by atoms with Gasteiger partial charge in [-0.05, 0) is 18.2 Å². The van der Waals surface area contributed by atoms with Crippen LogP contribution < -0.4 is 4.90 Å². The molecule has 0 aliphatic rings. The molecule has 3 nitrogen and oxygen atoms in total. The molecular formula is C10H8Cl2N2O. The van der Waals surface area contributed by atoms with Crippen LogP contribution in [0.2, 0.25) is 5.02 Å². The topological polar surface area (TPSA) is 44.1 Å². The lowest BCUT2D eigenvalue weighted by molar-refractivity contribution is -0.116. The molecule has 0 spiro atoms. The second-order valence-electron chi connectivity index (χ2n) is 2.86. The Labute approximate surface area is 97.8 Å². The standard InChI is InChI=1S/C10H8Cl2N2O/c1-14(10(15)5-11)8-3-2-7(6-13)9(12)4-8/h2-4H,5H2,1H3. The molecule has 78 valence electrons. The second-order valence-corrected chi connectivity index (χ2v) is 3.54. The Hall–Kier alpha value is -1.24. The van der Waals surface area contributed by atoms with Gasteiger partial charge in [-0.15, -0.1) is 11.6 Å². The van der Waals surface area contributed by atoms with E-state index in [4.69, 9.17) is 28.5 Å². The number of carbonyl (C=O) groups is 1. The van der Waals surface area contributed by atoms with Crippen molar-refractivity contribution >= 4 is 34.8 Å². The molecule has 1 aromatic carbocycles. The van der Waals surface area contributed by atoms with E-state index in [-0.39, 0.29) is 11.8 Å². The Bertz CT molecular complexity index is 426. The highest BCUT2D eigenvalue weighted by Crippen LogP contribution is 2.22. The Morgan fingerprint density at radius 3 is 2.73 bits per heavy atom. The fourth-order valence-corrected chi connectivity index (χ4v) is 1.43. The van der Waals surface area contributed by atoms with E-state index in [0.29, 0.717) is 16.3 Å². The van der Waals surface area contributed by atoms with Gasteiger partial charge in [-0.3, -0.25) is 4.79 Å². The molecule has 0 radical (unpaired) electrons. The summed E-state index contributed by atoms with van der Waals surface area (Å²) in [6.45, 7) is 0. The zero-order valence-corrected chi connectivity index (χ0v) is 9.51. The van der Waals surface area contributed by atoms with Gasteiger partial charge in [-0.1, -0.05) is 11.6 Å². The van der Waals surface area contributed by atoms with Crippen molar-refractivity contribution in [2.45, 2.75) is 0 Å². The molecule has 0 aromatic heterocycles. The van der Waals surface area contributed by atoms with Gasteiger partial charge in [0.1, 0.15) is 11.9 Å². The molecule has 0 unspecified atom stereocenters. The van der Waals surface area contributed by atoms with Crippen molar-refractivity contribution in [1.29, 1.82) is 5.26 Å². The zero-order valence-electron chi connectivity index (χ0n) is 8.00. The Balaban J connectivity index is 3.03. The predicted molar refractivity (Wildman–Crippen MR) is 60.3 cm³/mol. The first-order chi connectivity index (χ1) is 7.10. The number of nitriles is 1. The van der Waals surface area contributed by atoms with Gasteiger partial charge in [0.25, 0.3) is 0 Å². The molecule has 0 N–H and O–H groups in total. The number of alkyl halides is 1. The highest BCUT2D eigenvalue weighted by molar-refractivity contribution is 6.32. The Kier molecular flexibility index (Phi) is 3.96. The van der Waals surface area contributed by atoms with Crippen LogP contribution in [0.15, 0.2) is 18.2 Å². The SMILES string of the molecule is CN(C(=O)CCl)c1ccc(C#N)c(Cl)c1. The summed E-state index contributed by atoms with van der Waals surface area (Å²) in [5, 5.41) is 8.99. The second kappa shape index (κ2) is 5.01. The summed E-state index contributed by atoms with van der Waals surface area (Å²) >= 11 is 11.2.